The van der Waals surface area contributed by atoms with E-state index in [9.17, 15) is 0 Å². The van der Waals surface area contributed by atoms with E-state index in [0.717, 1.165) is 37.9 Å². The number of fused-ring (bicyclic) bond motifs is 1. The van der Waals surface area contributed by atoms with Gasteiger partial charge in [-0.25, -0.2) is 4.98 Å². The molecule has 0 amide bonds. The summed E-state index contributed by atoms with van der Waals surface area (Å²) in [5.74, 6) is 0.716. The van der Waals surface area contributed by atoms with Gasteiger partial charge in [0.2, 0.25) is 5.88 Å². The molecule has 2 aliphatic rings. The third-order valence-corrected chi connectivity index (χ3v) is 3.74. The second-order valence-electron chi connectivity index (χ2n) is 5.06. The molecule has 1 saturated heterocycles. The van der Waals surface area contributed by atoms with Crippen molar-refractivity contribution in [3.05, 3.63) is 22.9 Å². The number of pyridine rings is 1. The van der Waals surface area contributed by atoms with Crippen molar-refractivity contribution in [3.8, 4) is 5.88 Å². The highest BCUT2D eigenvalue weighted by atomic mass is 16.5. The van der Waals surface area contributed by atoms with Gasteiger partial charge in [0.25, 0.3) is 0 Å². The highest BCUT2D eigenvalue weighted by Gasteiger charge is 2.19. The topological polar surface area (TPSA) is 57.4 Å². The predicted molar refractivity (Wildman–Crippen MR) is 68.6 cm³/mol. The number of rotatable bonds is 4. The van der Waals surface area contributed by atoms with Gasteiger partial charge in [-0.05, 0) is 43.7 Å². The number of hydrogen-bond donors (Lipinski definition) is 1. The van der Waals surface area contributed by atoms with Crippen molar-refractivity contribution >= 4 is 0 Å². The molecule has 18 heavy (non-hydrogen) atoms. The minimum absolute atomic E-state index is 0.227. The Morgan fingerprint density at radius 2 is 2.33 bits per heavy atom. The van der Waals surface area contributed by atoms with Crippen molar-refractivity contribution in [1.29, 1.82) is 0 Å². The zero-order valence-corrected chi connectivity index (χ0v) is 10.7. The zero-order chi connectivity index (χ0) is 12.4. The van der Waals surface area contributed by atoms with Gasteiger partial charge in [-0.2, -0.15) is 0 Å². The minimum atomic E-state index is 0.227. The number of ether oxygens (including phenoxy) is 2. The van der Waals surface area contributed by atoms with E-state index in [1.807, 2.05) is 0 Å². The van der Waals surface area contributed by atoms with Gasteiger partial charge >= 0.3 is 0 Å². The second-order valence-corrected chi connectivity index (χ2v) is 5.06. The van der Waals surface area contributed by atoms with E-state index in [1.165, 1.54) is 17.7 Å². The molecule has 3 rings (SSSR count). The Morgan fingerprint density at radius 3 is 3.11 bits per heavy atom. The van der Waals surface area contributed by atoms with Crippen LogP contribution >= 0.6 is 0 Å². The van der Waals surface area contributed by atoms with Crippen LogP contribution in [0.4, 0.5) is 0 Å². The normalized spacial score (nSPS) is 22.2. The summed E-state index contributed by atoms with van der Waals surface area (Å²) in [4.78, 5) is 4.63. The fraction of sp³-hybridized carbons (Fsp3) is 0.643. The van der Waals surface area contributed by atoms with E-state index in [2.05, 4.69) is 11.1 Å². The summed E-state index contributed by atoms with van der Waals surface area (Å²) in [5, 5.41) is 0. The second kappa shape index (κ2) is 5.24. The third kappa shape index (κ3) is 2.35. The lowest BCUT2D eigenvalue weighted by Gasteiger charge is -2.14. The summed E-state index contributed by atoms with van der Waals surface area (Å²) < 4.78 is 11.4. The standard InChI is InChI=1S/C14H20N2O2/c15-8-11-7-10-3-1-5-13(10)16-14(11)18-9-12-4-2-6-17-12/h7,12H,1-6,8-9,15H2. The lowest BCUT2D eigenvalue weighted by atomic mass is 10.1. The molecule has 2 heterocycles. The van der Waals surface area contributed by atoms with Crippen molar-refractivity contribution in [1.82, 2.24) is 4.98 Å². The number of nitrogens with zero attached hydrogens (tertiary/aromatic N) is 1. The van der Waals surface area contributed by atoms with E-state index < -0.39 is 0 Å². The van der Waals surface area contributed by atoms with Gasteiger partial charge in [-0.15, -0.1) is 0 Å². The predicted octanol–water partition coefficient (Wildman–Crippen LogP) is 1.59. The summed E-state index contributed by atoms with van der Waals surface area (Å²) in [6.07, 6.45) is 5.84. The van der Waals surface area contributed by atoms with Crippen LogP contribution < -0.4 is 10.5 Å². The summed E-state index contributed by atoms with van der Waals surface area (Å²) in [6, 6.07) is 2.17. The summed E-state index contributed by atoms with van der Waals surface area (Å²) in [5.41, 5.74) is 9.34. The molecule has 2 N–H and O–H groups in total. The van der Waals surface area contributed by atoms with Crippen molar-refractivity contribution in [2.24, 2.45) is 5.73 Å². The molecule has 0 bridgehead atoms. The van der Waals surface area contributed by atoms with Gasteiger partial charge in [-0.3, -0.25) is 0 Å². The average molecular weight is 248 g/mol. The lowest BCUT2D eigenvalue weighted by molar-refractivity contribution is 0.0659. The van der Waals surface area contributed by atoms with Crippen LogP contribution in [0, 0.1) is 0 Å². The number of hydrogen-bond acceptors (Lipinski definition) is 4. The van der Waals surface area contributed by atoms with Gasteiger partial charge in [-0.1, -0.05) is 0 Å². The lowest BCUT2D eigenvalue weighted by Crippen LogP contribution is -2.18. The molecule has 4 heteroatoms. The van der Waals surface area contributed by atoms with Crippen LogP contribution in [0.25, 0.3) is 0 Å². The van der Waals surface area contributed by atoms with E-state index in [1.54, 1.807) is 0 Å². The van der Waals surface area contributed by atoms with Crippen LogP contribution in [-0.4, -0.2) is 24.3 Å². The maximum Gasteiger partial charge on any atom is 0.218 e. The third-order valence-electron chi connectivity index (χ3n) is 3.74. The van der Waals surface area contributed by atoms with Gasteiger partial charge in [0.15, 0.2) is 0 Å². The molecule has 0 saturated carbocycles. The monoisotopic (exact) mass is 248 g/mol. The molecule has 1 aliphatic carbocycles. The highest BCUT2D eigenvalue weighted by Crippen LogP contribution is 2.27. The summed E-state index contributed by atoms with van der Waals surface area (Å²) in [6.45, 7) is 1.94. The van der Waals surface area contributed by atoms with Crippen LogP contribution in [0.2, 0.25) is 0 Å². The highest BCUT2D eigenvalue weighted by molar-refractivity contribution is 5.36. The number of aromatic nitrogens is 1. The molecule has 1 aliphatic heterocycles. The van der Waals surface area contributed by atoms with E-state index in [4.69, 9.17) is 15.2 Å². The van der Waals surface area contributed by atoms with Crippen LogP contribution in [0.3, 0.4) is 0 Å². The van der Waals surface area contributed by atoms with Crippen LogP contribution in [0.5, 0.6) is 5.88 Å². The largest absolute Gasteiger partial charge is 0.475 e. The fourth-order valence-electron chi connectivity index (χ4n) is 2.72. The molecule has 98 valence electrons. The van der Waals surface area contributed by atoms with E-state index in [0.29, 0.717) is 19.0 Å². The minimum Gasteiger partial charge on any atom is -0.475 e. The molecule has 0 radical (unpaired) electrons. The molecule has 1 atom stereocenters. The fourth-order valence-corrected chi connectivity index (χ4v) is 2.72. The molecule has 1 aromatic rings. The van der Waals surface area contributed by atoms with Crippen molar-refractivity contribution in [2.75, 3.05) is 13.2 Å². The van der Waals surface area contributed by atoms with Crippen LogP contribution in [0.15, 0.2) is 6.07 Å². The molecule has 0 aromatic carbocycles. The summed E-state index contributed by atoms with van der Waals surface area (Å²) in [7, 11) is 0. The Kier molecular flexibility index (Phi) is 3.48. The Labute approximate surface area is 107 Å². The number of aryl methyl sites for hydroxylation is 2. The zero-order valence-electron chi connectivity index (χ0n) is 10.7. The van der Waals surface area contributed by atoms with Crippen molar-refractivity contribution < 1.29 is 9.47 Å². The van der Waals surface area contributed by atoms with Crippen molar-refractivity contribution in [2.45, 2.75) is 44.8 Å². The SMILES string of the molecule is NCc1cc2c(nc1OCC1CCCO1)CCC2. The first-order valence-electron chi connectivity index (χ1n) is 6.83. The van der Waals surface area contributed by atoms with Gasteiger partial charge in [0.1, 0.15) is 6.61 Å². The smallest absolute Gasteiger partial charge is 0.218 e. The molecular weight excluding hydrogens is 228 g/mol. The first-order valence-corrected chi connectivity index (χ1v) is 6.83. The molecule has 0 spiro atoms. The Morgan fingerprint density at radius 1 is 1.39 bits per heavy atom. The molecule has 4 nitrogen and oxygen atoms in total. The maximum absolute atomic E-state index is 5.82. The maximum atomic E-state index is 5.82. The van der Waals surface area contributed by atoms with Crippen molar-refractivity contribution in [3.63, 3.8) is 0 Å². The van der Waals surface area contributed by atoms with Gasteiger partial charge in [0, 0.05) is 24.4 Å². The quantitative estimate of drug-likeness (QED) is 0.879. The Bertz CT molecular complexity index is 428. The Hall–Kier alpha value is -1.13. The summed E-state index contributed by atoms with van der Waals surface area (Å²) >= 11 is 0. The average Bonchev–Trinajstić information content (AvgIpc) is 3.05. The molecule has 1 unspecified atom stereocenters. The van der Waals surface area contributed by atoms with Gasteiger partial charge in [0.05, 0.1) is 6.10 Å². The molecule has 1 aromatic heterocycles. The first-order chi connectivity index (χ1) is 8.86. The number of nitrogens with two attached hydrogens (primary N) is 1. The van der Waals surface area contributed by atoms with E-state index >= 15 is 0 Å². The first kappa shape index (κ1) is 11.9. The Balaban J connectivity index is 1.73. The van der Waals surface area contributed by atoms with Crippen LogP contribution in [0.1, 0.15) is 36.1 Å². The molecular formula is C14H20N2O2. The van der Waals surface area contributed by atoms with Crippen LogP contribution in [-0.2, 0) is 24.1 Å². The molecule has 1 fully saturated rings. The van der Waals surface area contributed by atoms with E-state index in [-0.39, 0.29) is 6.10 Å². The van der Waals surface area contributed by atoms with Gasteiger partial charge < -0.3 is 15.2 Å².